The van der Waals surface area contributed by atoms with Gasteiger partial charge in [-0.3, -0.25) is 4.79 Å². The van der Waals surface area contributed by atoms with Crippen LogP contribution in [0.3, 0.4) is 0 Å². The number of carbonyl (C=O) groups excluding carboxylic acids is 1. The van der Waals surface area contributed by atoms with E-state index in [1.807, 2.05) is 0 Å². The molecule has 1 aromatic rings. The van der Waals surface area contributed by atoms with Gasteiger partial charge in [0.25, 0.3) is 5.91 Å². The van der Waals surface area contributed by atoms with Gasteiger partial charge in [-0.05, 0) is 42.9 Å². The number of carbonyl (C=O) groups is 1. The summed E-state index contributed by atoms with van der Waals surface area (Å²) in [6, 6.07) is 6.87. The van der Waals surface area contributed by atoms with Gasteiger partial charge in [0.15, 0.2) is 0 Å². The van der Waals surface area contributed by atoms with Crippen LogP contribution in [0.4, 0.5) is 0 Å². The van der Waals surface area contributed by atoms with E-state index >= 15 is 0 Å². The highest BCUT2D eigenvalue weighted by atomic mass is 32.2. The third kappa shape index (κ3) is 5.60. The van der Waals surface area contributed by atoms with Gasteiger partial charge in [0, 0.05) is 25.2 Å². The van der Waals surface area contributed by atoms with Crippen LogP contribution in [-0.4, -0.2) is 38.3 Å². The number of hydrogen-bond donors (Lipinski definition) is 1. The maximum atomic E-state index is 12.4. The van der Waals surface area contributed by atoms with Crippen molar-refractivity contribution >= 4 is 15.9 Å². The fourth-order valence-corrected chi connectivity index (χ4v) is 4.38. The third-order valence-corrected chi connectivity index (χ3v) is 6.13. The molecule has 1 heterocycles. The third-order valence-electron chi connectivity index (χ3n) is 4.28. The molecule has 0 aliphatic carbocycles. The average molecular weight is 353 g/mol. The Morgan fingerprint density at radius 2 is 1.75 bits per heavy atom. The van der Waals surface area contributed by atoms with Crippen molar-refractivity contribution in [2.75, 3.05) is 19.6 Å². The normalized spacial score (nSPS) is 16.3. The minimum atomic E-state index is -3.26. The van der Waals surface area contributed by atoms with E-state index in [2.05, 4.69) is 19.2 Å². The van der Waals surface area contributed by atoms with Crippen LogP contribution < -0.4 is 5.32 Å². The number of hydrogen-bond acceptors (Lipinski definition) is 3. The molecule has 24 heavy (non-hydrogen) atoms. The van der Waals surface area contributed by atoms with Gasteiger partial charge < -0.3 is 5.32 Å². The molecule has 1 fully saturated rings. The largest absolute Gasteiger partial charge is 0.352 e. The minimum absolute atomic E-state index is 0.00223. The maximum Gasteiger partial charge on any atom is 0.251 e. The highest BCUT2D eigenvalue weighted by molar-refractivity contribution is 7.88. The molecule has 1 aromatic carbocycles. The summed E-state index contributed by atoms with van der Waals surface area (Å²) < 4.78 is 26.4. The fraction of sp³-hybridized carbons (Fsp3) is 0.611. The minimum Gasteiger partial charge on any atom is -0.352 e. The van der Waals surface area contributed by atoms with Crippen molar-refractivity contribution in [3.05, 3.63) is 35.4 Å². The van der Waals surface area contributed by atoms with Crippen LogP contribution in [0.1, 0.15) is 55.5 Å². The molecule has 0 saturated carbocycles. The molecule has 1 saturated heterocycles. The molecule has 0 atom stereocenters. The van der Waals surface area contributed by atoms with Crippen LogP contribution >= 0.6 is 0 Å². The van der Waals surface area contributed by atoms with E-state index in [9.17, 15) is 13.2 Å². The van der Waals surface area contributed by atoms with Crippen molar-refractivity contribution in [2.45, 2.75) is 45.3 Å². The first-order valence-electron chi connectivity index (χ1n) is 8.73. The molecular formula is C18H28N2O3S. The molecule has 0 bridgehead atoms. The number of nitrogens with zero attached hydrogens (tertiary/aromatic N) is 1. The molecule has 1 N–H and O–H groups in total. The Kier molecular flexibility index (Phi) is 6.80. The van der Waals surface area contributed by atoms with E-state index in [4.69, 9.17) is 0 Å². The lowest BCUT2D eigenvalue weighted by Gasteiger charge is -2.25. The van der Waals surface area contributed by atoms with Gasteiger partial charge in [-0.1, -0.05) is 32.4 Å². The second kappa shape index (κ2) is 8.62. The monoisotopic (exact) mass is 352 g/mol. The number of sulfonamides is 1. The summed E-state index contributed by atoms with van der Waals surface area (Å²) in [4.78, 5) is 12.0. The molecule has 1 aliphatic rings. The van der Waals surface area contributed by atoms with Crippen molar-refractivity contribution < 1.29 is 13.2 Å². The van der Waals surface area contributed by atoms with E-state index in [0.717, 1.165) is 31.2 Å². The molecule has 0 spiro atoms. The van der Waals surface area contributed by atoms with E-state index < -0.39 is 10.0 Å². The Hall–Kier alpha value is -1.40. The zero-order valence-electron chi connectivity index (χ0n) is 14.6. The first-order chi connectivity index (χ1) is 11.4. The second-order valence-electron chi connectivity index (χ2n) is 6.85. The first-order valence-corrected chi connectivity index (χ1v) is 10.3. The smallest absolute Gasteiger partial charge is 0.251 e. The van der Waals surface area contributed by atoms with Crippen LogP contribution in [0.5, 0.6) is 0 Å². The highest BCUT2D eigenvalue weighted by Crippen LogP contribution is 2.17. The van der Waals surface area contributed by atoms with Crippen LogP contribution in [0.25, 0.3) is 0 Å². The number of nitrogens with one attached hydrogen (secondary N) is 1. The van der Waals surface area contributed by atoms with E-state index in [-0.39, 0.29) is 11.7 Å². The van der Waals surface area contributed by atoms with Gasteiger partial charge in [-0.25, -0.2) is 12.7 Å². The second-order valence-corrected chi connectivity index (χ2v) is 8.82. The van der Waals surface area contributed by atoms with Crippen molar-refractivity contribution in [3.8, 4) is 0 Å². The molecule has 0 aromatic heterocycles. The summed E-state index contributed by atoms with van der Waals surface area (Å²) in [6.45, 7) is 6.13. The standard InChI is InChI=1S/C18H28N2O3S/c1-15(2)10-11-19-18(21)17-8-6-16(7-9-17)14-24(22,23)20-12-4-3-5-13-20/h6-9,15H,3-5,10-14H2,1-2H3,(H,19,21). The molecule has 1 amide bonds. The van der Waals surface area contributed by atoms with Crippen LogP contribution in [0, 0.1) is 5.92 Å². The number of benzene rings is 1. The zero-order chi connectivity index (χ0) is 17.6. The Morgan fingerprint density at radius 1 is 1.12 bits per heavy atom. The molecule has 6 heteroatoms. The number of amides is 1. The summed E-state index contributed by atoms with van der Waals surface area (Å²) in [5.41, 5.74) is 1.29. The van der Waals surface area contributed by atoms with Crippen molar-refractivity contribution in [1.82, 2.24) is 9.62 Å². The lowest BCUT2D eigenvalue weighted by atomic mass is 10.1. The molecule has 0 unspecified atom stereocenters. The fourth-order valence-electron chi connectivity index (χ4n) is 2.77. The van der Waals surface area contributed by atoms with Gasteiger partial charge in [0.05, 0.1) is 5.75 Å². The lowest BCUT2D eigenvalue weighted by molar-refractivity contribution is 0.0952. The zero-order valence-corrected chi connectivity index (χ0v) is 15.4. The Balaban J connectivity index is 1.92. The summed E-state index contributed by atoms with van der Waals surface area (Å²) in [5, 5.41) is 2.88. The summed E-state index contributed by atoms with van der Waals surface area (Å²) in [6.07, 6.45) is 3.92. The van der Waals surface area contributed by atoms with Gasteiger partial charge in [0.2, 0.25) is 10.0 Å². The van der Waals surface area contributed by atoms with Crippen molar-refractivity contribution in [2.24, 2.45) is 5.92 Å². The molecular weight excluding hydrogens is 324 g/mol. The molecule has 0 radical (unpaired) electrons. The summed E-state index contributed by atoms with van der Waals surface area (Å²) >= 11 is 0. The van der Waals surface area contributed by atoms with E-state index in [1.54, 1.807) is 28.6 Å². The Labute approximate surface area is 145 Å². The SMILES string of the molecule is CC(C)CCNC(=O)c1ccc(CS(=O)(=O)N2CCCCC2)cc1. The van der Waals surface area contributed by atoms with Crippen molar-refractivity contribution in [1.29, 1.82) is 0 Å². The first kappa shape index (κ1) is 18.9. The Bertz CT molecular complexity index is 633. The highest BCUT2D eigenvalue weighted by Gasteiger charge is 2.24. The van der Waals surface area contributed by atoms with Gasteiger partial charge in [0.1, 0.15) is 0 Å². The van der Waals surface area contributed by atoms with Crippen LogP contribution in [0.2, 0.25) is 0 Å². The van der Waals surface area contributed by atoms with Gasteiger partial charge in [-0.15, -0.1) is 0 Å². The Morgan fingerprint density at radius 3 is 2.33 bits per heavy atom. The lowest BCUT2D eigenvalue weighted by Crippen LogP contribution is -2.36. The summed E-state index contributed by atoms with van der Waals surface area (Å²) in [5.74, 6) is 0.441. The molecule has 5 nitrogen and oxygen atoms in total. The topological polar surface area (TPSA) is 66.5 Å². The molecule has 1 aliphatic heterocycles. The predicted molar refractivity (Wildman–Crippen MR) is 96.3 cm³/mol. The molecule has 134 valence electrons. The number of rotatable bonds is 7. The summed E-state index contributed by atoms with van der Waals surface area (Å²) in [7, 11) is -3.26. The quantitative estimate of drug-likeness (QED) is 0.820. The predicted octanol–water partition coefficient (Wildman–Crippen LogP) is 2.78. The number of piperidine rings is 1. The van der Waals surface area contributed by atoms with Crippen LogP contribution in [-0.2, 0) is 15.8 Å². The van der Waals surface area contributed by atoms with Gasteiger partial charge >= 0.3 is 0 Å². The van der Waals surface area contributed by atoms with E-state index in [0.29, 0.717) is 31.1 Å². The van der Waals surface area contributed by atoms with Gasteiger partial charge in [-0.2, -0.15) is 0 Å². The van der Waals surface area contributed by atoms with E-state index in [1.165, 1.54) is 0 Å². The molecule has 2 rings (SSSR count). The van der Waals surface area contributed by atoms with Crippen LogP contribution in [0.15, 0.2) is 24.3 Å². The average Bonchev–Trinajstić information content (AvgIpc) is 2.55. The maximum absolute atomic E-state index is 12.4. The van der Waals surface area contributed by atoms with Crippen molar-refractivity contribution in [3.63, 3.8) is 0 Å².